The average Bonchev–Trinajstić information content (AvgIpc) is 3.10. The molecule has 0 atom stereocenters. The number of nitrogens with zero attached hydrogens (tertiary/aromatic N) is 2. The molecule has 1 saturated carbocycles. The van der Waals surface area contributed by atoms with E-state index in [4.69, 9.17) is 4.74 Å². The van der Waals surface area contributed by atoms with Gasteiger partial charge >= 0.3 is 0 Å². The Hall–Kier alpha value is -1.08. The molecule has 7 heteroatoms. The highest BCUT2D eigenvalue weighted by molar-refractivity contribution is 9.10. The number of rotatable bonds is 5. The molecule has 114 valence electrons. The third kappa shape index (κ3) is 3.23. The van der Waals surface area contributed by atoms with Crippen molar-refractivity contribution in [3.05, 3.63) is 22.2 Å². The van der Waals surface area contributed by atoms with Gasteiger partial charge in [0.2, 0.25) is 0 Å². The fourth-order valence-electron chi connectivity index (χ4n) is 2.52. The van der Waals surface area contributed by atoms with Gasteiger partial charge in [-0.05, 0) is 36.5 Å². The summed E-state index contributed by atoms with van der Waals surface area (Å²) in [7, 11) is -1.52. The number of imidazole rings is 1. The summed E-state index contributed by atoms with van der Waals surface area (Å²) in [6.45, 7) is 0.869. The predicted octanol–water partition coefficient (Wildman–Crippen LogP) is 2.76. The van der Waals surface area contributed by atoms with Gasteiger partial charge in [0.1, 0.15) is 0 Å². The molecule has 0 spiro atoms. The van der Waals surface area contributed by atoms with Crippen LogP contribution in [-0.4, -0.2) is 31.3 Å². The minimum absolute atomic E-state index is 0.0213. The van der Waals surface area contributed by atoms with Gasteiger partial charge in [-0.1, -0.05) is 15.9 Å². The Bertz CT molecular complexity index is 794. The van der Waals surface area contributed by atoms with Crippen molar-refractivity contribution in [2.45, 2.75) is 25.1 Å². The number of ether oxygens (including phenoxy) is 1. The van der Waals surface area contributed by atoms with Gasteiger partial charge < -0.3 is 4.74 Å². The van der Waals surface area contributed by atoms with Crippen molar-refractivity contribution in [1.82, 2.24) is 9.55 Å². The lowest BCUT2D eigenvalue weighted by atomic mass is 10.2. The number of sulfone groups is 1. The van der Waals surface area contributed by atoms with E-state index in [0.29, 0.717) is 23.0 Å². The lowest BCUT2D eigenvalue weighted by Gasteiger charge is -2.07. The van der Waals surface area contributed by atoms with Crippen molar-refractivity contribution in [3.63, 3.8) is 0 Å². The van der Waals surface area contributed by atoms with Crippen LogP contribution in [0.3, 0.4) is 0 Å². The Morgan fingerprint density at radius 3 is 2.71 bits per heavy atom. The van der Waals surface area contributed by atoms with Crippen LogP contribution in [-0.2, 0) is 22.1 Å². The zero-order chi connectivity index (χ0) is 15.2. The van der Waals surface area contributed by atoms with E-state index in [9.17, 15) is 8.42 Å². The second-order valence-corrected chi connectivity index (χ2v) is 8.71. The molecule has 1 fully saturated rings. The summed E-state index contributed by atoms with van der Waals surface area (Å²) < 4.78 is 31.5. The van der Waals surface area contributed by atoms with Gasteiger partial charge in [0.25, 0.3) is 6.01 Å². The van der Waals surface area contributed by atoms with Crippen LogP contribution in [0.1, 0.15) is 18.4 Å². The summed E-state index contributed by atoms with van der Waals surface area (Å²) in [5, 5.41) is 0. The number of methoxy groups -OCH3 is 1. The van der Waals surface area contributed by atoms with Crippen molar-refractivity contribution >= 4 is 36.8 Å². The fraction of sp³-hybridized carbons (Fsp3) is 0.500. The van der Waals surface area contributed by atoms with Crippen LogP contribution >= 0.6 is 15.9 Å². The Morgan fingerprint density at radius 1 is 1.43 bits per heavy atom. The highest BCUT2D eigenvalue weighted by Crippen LogP contribution is 2.35. The van der Waals surface area contributed by atoms with Crippen molar-refractivity contribution in [1.29, 1.82) is 0 Å². The number of benzene rings is 1. The van der Waals surface area contributed by atoms with E-state index in [2.05, 4.69) is 20.9 Å². The predicted molar refractivity (Wildman–Crippen MR) is 85.3 cm³/mol. The van der Waals surface area contributed by atoms with Crippen molar-refractivity contribution < 1.29 is 13.2 Å². The molecule has 0 aliphatic heterocycles. The number of aromatic nitrogens is 2. The lowest BCUT2D eigenvalue weighted by molar-refractivity contribution is 0.356. The average molecular weight is 373 g/mol. The van der Waals surface area contributed by atoms with Crippen molar-refractivity contribution in [2.75, 3.05) is 13.4 Å². The smallest absolute Gasteiger partial charge is 0.297 e. The Balaban J connectivity index is 2.18. The lowest BCUT2D eigenvalue weighted by Crippen LogP contribution is -2.03. The highest BCUT2D eigenvalue weighted by Gasteiger charge is 2.25. The molecule has 1 heterocycles. The highest BCUT2D eigenvalue weighted by atomic mass is 79.9. The van der Waals surface area contributed by atoms with Gasteiger partial charge in [0.15, 0.2) is 9.84 Å². The molecular formula is C14H17BrN2O3S. The zero-order valence-corrected chi connectivity index (χ0v) is 14.4. The topological polar surface area (TPSA) is 61.2 Å². The first kappa shape index (κ1) is 14.8. The molecule has 0 unspecified atom stereocenters. The third-order valence-electron chi connectivity index (χ3n) is 3.60. The third-order valence-corrected chi connectivity index (χ3v) is 4.89. The molecule has 21 heavy (non-hydrogen) atoms. The van der Waals surface area contributed by atoms with E-state index in [1.165, 1.54) is 19.1 Å². The molecule has 0 amide bonds. The molecule has 0 saturated heterocycles. The first-order chi connectivity index (χ1) is 9.87. The van der Waals surface area contributed by atoms with Crippen LogP contribution in [0.4, 0.5) is 0 Å². The summed E-state index contributed by atoms with van der Waals surface area (Å²) in [6.07, 6.45) is 3.69. The molecular weight excluding hydrogens is 356 g/mol. The maximum atomic E-state index is 11.6. The van der Waals surface area contributed by atoms with Crippen LogP contribution in [0.5, 0.6) is 6.01 Å². The van der Waals surface area contributed by atoms with Crippen molar-refractivity contribution in [2.24, 2.45) is 5.92 Å². The van der Waals surface area contributed by atoms with Crippen LogP contribution < -0.4 is 4.74 Å². The normalized spacial score (nSPS) is 15.6. The standard InChI is InChI=1S/C14H17BrN2O3S/c1-20-14-16-13-10(8-21(2,18)19)5-11(15)6-12(13)17(14)7-9-3-4-9/h5-6,9H,3-4,7-8H2,1-2H3. The first-order valence-corrected chi connectivity index (χ1v) is 9.63. The summed E-state index contributed by atoms with van der Waals surface area (Å²) in [6, 6.07) is 4.33. The Kier molecular flexibility index (Phi) is 3.73. The van der Waals surface area contributed by atoms with Gasteiger partial charge in [-0.15, -0.1) is 0 Å². The van der Waals surface area contributed by atoms with Gasteiger partial charge in [-0.3, -0.25) is 4.57 Å². The number of halogens is 1. The SMILES string of the molecule is COc1nc2c(CS(C)(=O)=O)cc(Br)cc2n1CC1CC1. The summed E-state index contributed by atoms with van der Waals surface area (Å²) in [4.78, 5) is 4.49. The van der Waals surface area contributed by atoms with E-state index >= 15 is 0 Å². The molecule has 1 aliphatic rings. The number of hydrogen-bond donors (Lipinski definition) is 0. The Labute approximate surface area is 132 Å². The maximum Gasteiger partial charge on any atom is 0.297 e. The van der Waals surface area contributed by atoms with E-state index in [-0.39, 0.29) is 5.75 Å². The summed E-state index contributed by atoms with van der Waals surface area (Å²) in [5.74, 6) is 0.653. The van der Waals surface area contributed by atoms with E-state index in [0.717, 1.165) is 16.5 Å². The van der Waals surface area contributed by atoms with Crippen LogP contribution in [0.15, 0.2) is 16.6 Å². The van der Waals surface area contributed by atoms with Crippen molar-refractivity contribution in [3.8, 4) is 6.01 Å². The minimum Gasteiger partial charge on any atom is -0.468 e. The van der Waals surface area contributed by atoms with E-state index < -0.39 is 9.84 Å². The quantitative estimate of drug-likeness (QED) is 0.809. The second-order valence-electron chi connectivity index (χ2n) is 5.66. The fourth-order valence-corrected chi connectivity index (χ4v) is 3.80. The largest absolute Gasteiger partial charge is 0.468 e. The van der Waals surface area contributed by atoms with Crippen LogP contribution in [0, 0.1) is 5.92 Å². The molecule has 3 rings (SSSR count). The van der Waals surface area contributed by atoms with Crippen LogP contribution in [0.25, 0.3) is 11.0 Å². The number of hydrogen-bond acceptors (Lipinski definition) is 4. The summed E-state index contributed by atoms with van der Waals surface area (Å²) >= 11 is 3.46. The zero-order valence-electron chi connectivity index (χ0n) is 12.0. The molecule has 1 aromatic carbocycles. The molecule has 0 bridgehead atoms. The first-order valence-electron chi connectivity index (χ1n) is 6.78. The molecule has 1 aromatic heterocycles. The minimum atomic E-state index is -3.12. The molecule has 5 nitrogen and oxygen atoms in total. The molecule has 1 aliphatic carbocycles. The maximum absolute atomic E-state index is 11.6. The molecule has 0 radical (unpaired) electrons. The Morgan fingerprint density at radius 2 is 2.14 bits per heavy atom. The van der Waals surface area contributed by atoms with E-state index in [1.807, 2.05) is 16.7 Å². The summed E-state index contributed by atoms with van der Waals surface area (Å²) in [5.41, 5.74) is 2.34. The van der Waals surface area contributed by atoms with Crippen LogP contribution in [0.2, 0.25) is 0 Å². The second kappa shape index (κ2) is 5.28. The van der Waals surface area contributed by atoms with E-state index in [1.54, 1.807) is 7.11 Å². The van der Waals surface area contributed by atoms with Gasteiger partial charge in [-0.25, -0.2) is 8.42 Å². The van der Waals surface area contributed by atoms with Gasteiger partial charge in [0.05, 0.1) is 23.9 Å². The number of fused-ring (bicyclic) bond motifs is 1. The monoisotopic (exact) mass is 372 g/mol. The molecule has 2 aromatic rings. The van der Waals surface area contributed by atoms with Gasteiger partial charge in [-0.2, -0.15) is 4.98 Å². The molecule has 0 N–H and O–H groups in total. The van der Waals surface area contributed by atoms with Gasteiger partial charge in [0, 0.05) is 17.3 Å².